The van der Waals surface area contributed by atoms with Gasteiger partial charge in [-0.15, -0.1) is 0 Å². The standard InChI is InChI=1S/C12H16N2/c1-10-6-2-3-7-11(10)12(13)14-8-4-5-9-14/h2-3,6-7,13H,4-5,8-9H2,1H3. The maximum atomic E-state index is 8.09. The maximum Gasteiger partial charge on any atom is 0.128 e. The highest BCUT2D eigenvalue weighted by Crippen LogP contribution is 2.15. The summed E-state index contributed by atoms with van der Waals surface area (Å²) in [5.74, 6) is 0.695. The molecule has 1 aliphatic heterocycles. The number of likely N-dealkylation sites (tertiary alicyclic amines) is 1. The zero-order valence-corrected chi connectivity index (χ0v) is 8.59. The van der Waals surface area contributed by atoms with Gasteiger partial charge in [-0.05, 0) is 25.3 Å². The molecule has 14 heavy (non-hydrogen) atoms. The number of aryl methyl sites for hydroxylation is 1. The first-order chi connectivity index (χ1) is 6.79. The molecule has 1 fully saturated rings. The predicted molar refractivity (Wildman–Crippen MR) is 58.8 cm³/mol. The highest BCUT2D eigenvalue weighted by Gasteiger charge is 2.16. The third-order valence-corrected chi connectivity index (χ3v) is 2.82. The van der Waals surface area contributed by atoms with Gasteiger partial charge in [-0.25, -0.2) is 0 Å². The topological polar surface area (TPSA) is 27.1 Å². The Hall–Kier alpha value is -1.31. The van der Waals surface area contributed by atoms with Gasteiger partial charge < -0.3 is 4.90 Å². The van der Waals surface area contributed by atoms with Crippen LogP contribution in [0.15, 0.2) is 24.3 Å². The van der Waals surface area contributed by atoms with Crippen LogP contribution in [0.1, 0.15) is 24.0 Å². The second-order valence-corrected chi connectivity index (χ2v) is 3.86. The van der Waals surface area contributed by atoms with Gasteiger partial charge >= 0.3 is 0 Å². The number of benzene rings is 1. The van der Waals surface area contributed by atoms with Gasteiger partial charge in [0.2, 0.25) is 0 Å². The Morgan fingerprint density at radius 2 is 1.86 bits per heavy atom. The summed E-state index contributed by atoms with van der Waals surface area (Å²) in [4.78, 5) is 2.17. The first-order valence-corrected chi connectivity index (χ1v) is 5.18. The lowest BCUT2D eigenvalue weighted by Crippen LogP contribution is -2.28. The molecule has 1 saturated heterocycles. The minimum absolute atomic E-state index is 0.695. The van der Waals surface area contributed by atoms with Gasteiger partial charge in [0, 0.05) is 18.7 Å². The van der Waals surface area contributed by atoms with Crippen molar-refractivity contribution in [3.63, 3.8) is 0 Å². The van der Waals surface area contributed by atoms with Crippen LogP contribution in [0, 0.1) is 12.3 Å². The lowest BCUT2D eigenvalue weighted by molar-refractivity contribution is 0.517. The summed E-state index contributed by atoms with van der Waals surface area (Å²) < 4.78 is 0. The number of nitrogens with zero attached hydrogens (tertiary/aromatic N) is 1. The summed E-state index contributed by atoms with van der Waals surface area (Å²) in [5, 5.41) is 8.09. The van der Waals surface area contributed by atoms with E-state index in [4.69, 9.17) is 5.41 Å². The Morgan fingerprint density at radius 3 is 2.50 bits per heavy atom. The van der Waals surface area contributed by atoms with E-state index in [0.717, 1.165) is 18.7 Å². The normalized spacial score (nSPS) is 15.9. The summed E-state index contributed by atoms with van der Waals surface area (Å²) in [6, 6.07) is 8.14. The molecule has 1 aliphatic rings. The van der Waals surface area contributed by atoms with Gasteiger partial charge in [0.25, 0.3) is 0 Å². The molecule has 2 heteroatoms. The fourth-order valence-electron chi connectivity index (χ4n) is 1.95. The molecule has 0 bridgehead atoms. The maximum absolute atomic E-state index is 8.09. The zero-order valence-electron chi connectivity index (χ0n) is 8.59. The van der Waals surface area contributed by atoms with Crippen molar-refractivity contribution in [1.29, 1.82) is 5.41 Å². The molecule has 1 heterocycles. The first-order valence-electron chi connectivity index (χ1n) is 5.18. The van der Waals surface area contributed by atoms with Crippen LogP contribution >= 0.6 is 0 Å². The summed E-state index contributed by atoms with van der Waals surface area (Å²) in [6.45, 7) is 4.17. The molecular formula is C12H16N2. The third kappa shape index (κ3) is 1.65. The van der Waals surface area contributed by atoms with E-state index in [1.54, 1.807) is 0 Å². The van der Waals surface area contributed by atoms with Crippen LogP contribution in [0.5, 0.6) is 0 Å². The smallest absolute Gasteiger partial charge is 0.128 e. The first kappa shape index (κ1) is 9.25. The Balaban J connectivity index is 2.22. The van der Waals surface area contributed by atoms with E-state index in [-0.39, 0.29) is 0 Å². The zero-order chi connectivity index (χ0) is 9.97. The van der Waals surface area contributed by atoms with Gasteiger partial charge in [-0.3, -0.25) is 5.41 Å². The molecule has 0 spiro atoms. The average Bonchev–Trinajstić information content (AvgIpc) is 2.70. The number of hydrogen-bond acceptors (Lipinski definition) is 1. The Labute approximate surface area is 85.1 Å². The van der Waals surface area contributed by atoms with Gasteiger partial charge in [0.15, 0.2) is 0 Å². The Kier molecular flexibility index (Phi) is 2.53. The largest absolute Gasteiger partial charge is 0.357 e. The molecule has 1 N–H and O–H groups in total. The van der Waals surface area contributed by atoms with Crippen LogP contribution in [0.4, 0.5) is 0 Å². The molecule has 0 aliphatic carbocycles. The van der Waals surface area contributed by atoms with Crippen LogP contribution < -0.4 is 0 Å². The van der Waals surface area contributed by atoms with Crippen LogP contribution in [0.2, 0.25) is 0 Å². The molecule has 74 valence electrons. The van der Waals surface area contributed by atoms with Crippen molar-refractivity contribution in [1.82, 2.24) is 4.90 Å². The summed E-state index contributed by atoms with van der Waals surface area (Å²) in [5.41, 5.74) is 2.28. The lowest BCUT2D eigenvalue weighted by atomic mass is 10.1. The van der Waals surface area contributed by atoms with E-state index in [1.165, 1.54) is 18.4 Å². The van der Waals surface area contributed by atoms with Crippen LogP contribution in [-0.4, -0.2) is 23.8 Å². The minimum Gasteiger partial charge on any atom is -0.357 e. The number of amidine groups is 1. The van der Waals surface area contributed by atoms with E-state index in [2.05, 4.69) is 17.9 Å². The van der Waals surface area contributed by atoms with Crippen LogP contribution in [0.3, 0.4) is 0 Å². The fourth-order valence-corrected chi connectivity index (χ4v) is 1.95. The van der Waals surface area contributed by atoms with Crippen LogP contribution in [-0.2, 0) is 0 Å². The highest BCUT2D eigenvalue weighted by atomic mass is 15.2. The number of hydrogen-bond donors (Lipinski definition) is 1. The van der Waals surface area contributed by atoms with E-state index in [1.807, 2.05) is 18.2 Å². The van der Waals surface area contributed by atoms with E-state index >= 15 is 0 Å². The fraction of sp³-hybridized carbons (Fsp3) is 0.417. The second kappa shape index (κ2) is 3.82. The van der Waals surface area contributed by atoms with E-state index in [0.29, 0.717) is 5.84 Å². The van der Waals surface area contributed by atoms with Crippen molar-refractivity contribution < 1.29 is 0 Å². The molecule has 0 radical (unpaired) electrons. The van der Waals surface area contributed by atoms with Crippen molar-refractivity contribution >= 4 is 5.84 Å². The average molecular weight is 188 g/mol. The molecule has 0 aromatic heterocycles. The monoisotopic (exact) mass is 188 g/mol. The third-order valence-electron chi connectivity index (χ3n) is 2.82. The van der Waals surface area contributed by atoms with Gasteiger partial charge in [-0.2, -0.15) is 0 Å². The summed E-state index contributed by atoms with van der Waals surface area (Å²) in [7, 11) is 0. The van der Waals surface area contributed by atoms with Gasteiger partial charge in [0.1, 0.15) is 5.84 Å². The Bertz CT molecular complexity index is 338. The quantitative estimate of drug-likeness (QED) is 0.532. The summed E-state index contributed by atoms with van der Waals surface area (Å²) >= 11 is 0. The molecule has 1 aromatic carbocycles. The molecule has 2 rings (SSSR count). The predicted octanol–water partition coefficient (Wildman–Crippen LogP) is 2.42. The van der Waals surface area contributed by atoms with Gasteiger partial charge in [-0.1, -0.05) is 24.3 Å². The summed E-state index contributed by atoms with van der Waals surface area (Å²) in [6.07, 6.45) is 2.46. The van der Waals surface area contributed by atoms with Crippen molar-refractivity contribution in [3.8, 4) is 0 Å². The van der Waals surface area contributed by atoms with Crippen molar-refractivity contribution in [3.05, 3.63) is 35.4 Å². The molecule has 0 unspecified atom stereocenters. The van der Waals surface area contributed by atoms with E-state index < -0.39 is 0 Å². The number of nitrogens with one attached hydrogen (secondary N) is 1. The van der Waals surface area contributed by atoms with Crippen molar-refractivity contribution in [2.75, 3.05) is 13.1 Å². The van der Waals surface area contributed by atoms with Crippen molar-refractivity contribution in [2.45, 2.75) is 19.8 Å². The molecule has 0 amide bonds. The molecule has 1 aromatic rings. The molecule has 0 saturated carbocycles. The minimum atomic E-state index is 0.695. The molecule has 2 nitrogen and oxygen atoms in total. The van der Waals surface area contributed by atoms with E-state index in [9.17, 15) is 0 Å². The molecule has 0 atom stereocenters. The molecular weight excluding hydrogens is 172 g/mol. The van der Waals surface area contributed by atoms with Gasteiger partial charge in [0.05, 0.1) is 0 Å². The number of rotatable bonds is 1. The highest BCUT2D eigenvalue weighted by molar-refractivity contribution is 5.97. The van der Waals surface area contributed by atoms with Crippen LogP contribution in [0.25, 0.3) is 0 Å². The second-order valence-electron chi connectivity index (χ2n) is 3.86. The SMILES string of the molecule is Cc1ccccc1C(=N)N1CCCC1. The van der Waals surface area contributed by atoms with Crippen molar-refractivity contribution in [2.24, 2.45) is 0 Å². The lowest BCUT2D eigenvalue weighted by Gasteiger charge is -2.19. The Morgan fingerprint density at radius 1 is 1.21 bits per heavy atom.